The Morgan fingerprint density at radius 1 is 1.33 bits per heavy atom. The summed E-state index contributed by atoms with van der Waals surface area (Å²) in [6.45, 7) is 9.00. The molecule has 110 valence electrons. The molecule has 18 heavy (non-hydrogen) atoms. The van der Waals surface area contributed by atoms with Crippen molar-refractivity contribution >= 4 is 29.9 Å². The van der Waals surface area contributed by atoms with Crippen LogP contribution in [0.1, 0.15) is 20.8 Å². The van der Waals surface area contributed by atoms with E-state index in [1.807, 2.05) is 0 Å². The van der Waals surface area contributed by atoms with Crippen LogP contribution in [0.4, 0.5) is 0 Å². The first-order chi connectivity index (χ1) is 8.01. The zero-order valence-corrected chi connectivity index (χ0v) is 14.8. The van der Waals surface area contributed by atoms with Gasteiger partial charge < -0.3 is 20.3 Å². The van der Waals surface area contributed by atoms with Gasteiger partial charge in [0, 0.05) is 39.3 Å². The van der Waals surface area contributed by atoms with E-state index in [0.29, 0.717) is 12.6 Å². The SMILES string of the molecule is CN=C(NCCN(C)C(C)C)NC(C)COC.I. The number of nitrogens with one attached hydrogen (secondary N) is 2. The summed E-state index contributed by atoms with van der Waals surface area (Å²) >= 11 is 0. The van der Waals surface area contributed by atoms with Crippen molar-refractivity contribution in [2.24, 2.45) is 4.99 Å². The fourth-order valence-corrected chi connectivity index (χ4v) is 1.33. The molecule has 2 N–H and O–H groups in total. The third kappa shape index (κ3) is 9.90. The predicted molar refractivity (Wildman–Crippen MR) is 89.0 cm³/mol. The lowest BCUT2D eigenvalue weighted by Gasteiger charge is -2.22. The van der Waals surface area contributed by atoms with Crippen molar-refractivity contribution < 1.29 is 4.74 Å². The number of methoxy groups -OCH3 is 1. The topological polar surface area (TPSA) is 48.9 Å². The van der Waals surface area contributed by atoms with Gasteiger partial charge in [-0.05, 0) is 27.8 Å². The fraction of sp³-hybridized carbons (Fsp3) is 0.917. The first kappa shape index (κ1) is 20.2. The van der Waals surface area contributed by atoms with Gasteiger partial charge in [0.2, 0.25) is 0 Å². The number of rotatable bonds is 7. The molecule has 0 aromatic rings. The summed E-state index contributed by atoms with van der Waals surface area (Å²) in [5.41, 5.74) is 0. The van der Waals surface area contributed by atoms with Crippen molar-refractivity contribution in [3.63, 3.8) is 0 Å². The fourth-order valence-electron chi connectivity index (χ4n) is 1.33. The minimum absolute atomic E-state index is 0. The van der Waals surface area contributed by atoms with Gasteiger partial charge in [-0.3, -0.25) is 4.99 Å². The Bertz CT molecular complexity index is 224. The molecule has 5 nitrogen and oxygen atoms in total. The lowest BCUT2D eigenvalue weighted by Crippen LogP contribution is -2.46. The number of guanidine groups is 1. The Kier molecular flexibility index (Phi) is 13.5. The molecule has 0 heterocycles. The van der Waals surface area contributed by atoms with Crippen LogP contribution in [0.2, 0.25) is 0 Å². The van der Waals surface area contributed by atoms with Gasteiger partial charge in [-0.25, -0.2) is 0 Å². The summed E-state index contributed by atoms with van der Waals surface area (Å²) in [6.07, 6.45) is 0. The van der Waals surface area contributed by atoms with Gasteiger partial charge in [0.15, 0.2) is 5.96 Å². The van der Waals surface area contributed by atoms with Crippen LogP contribution in [0.15, 0.2) is 4.99 Å². The normalized spacial score (nSPS) is 13.4. The number of hydrogen-bond acceptors (Lipinski definition) is 3. The van der Waals surface area contributed by atoms with E-state index in [0.717, 1.165) is 19.0 Å². The van der Waals surface area contributed by atoms with Crippen LogP contribution in [-0.2, 0) is 4.74 Å². The van der Waals surface area contributed by atoms with Crippen LogP contribution in [-0.4, -0.2) is 63.8 Å². The lowest BCUT2D eigenvalue weighted by molar-refractivity contribution is 0.179. The third-order valence-electron chi connectivity index (χ3n) is 2.66. The van der Waals surface area contributed by atoms with E-state index in [-0.39, 0.29) is 30.0 Å². The average molecular weight is 372 g/mol. The summed E-state index contributed by atoms with van der Waals surface area (Å²) in [6, 6.07) is 0.827. The largest absolute Gasteiger partial charge is 0.383 e. The molecule has 0 aliphatic carbocycles. The highest BCUT2D eigenvalue weighted by molar-refractivity contribution is 14.0. The average Bonchev–Trinajstić information content (AvgIpc) is 2.27. The quantitative estimate of drug-likeness (QED) is 0.400. The first-order valence-corrected chi connectivity index (χ1v) is 6.17. The molecule has 1 atom stereocenters. The number of halogens is 1. The molecule has 0 fully saturated rings. The monoisotopic (exact) mass is 372 g/mol. The van der Waals surface area contributed by atoms with Crippen LogP contribution in [0.3, 0.4) is 0 Å². The van der Waals surface area contributed by atoms with Crippen molar-refractivity contribution in [3.05, 3.63) is 0 Å². The molecule has 0 saturated carbocycles. The zero-order chi connectivity index (χ0) is 13.3. The third-order valence-corrected chi connectivity index (χ3v) is 2.66. The Balaban J connectivity index is 0. The molecule has 0 aliphatic heterocycles. The lowest BCUT2D eigenvalue weighted by atomic mass is 10.3. The van der Waals surface area contributed by atoms with Gasteiger partial charge in [-0.1, -0.05) is 0 Å². The number of ether oxygens (including phenoxy) is 1. The van der Waals surface area contributed by atoms with Gasteiger partial charge in [-0.15, -0.1) is 24.0 Å². The van der Waals surface area contributed by atoms with Gasteiger partial charge in [0.25, 0.3) is 0 Å². The Morgan fingerprint density at radius 3 is 2.39 bits per heavy atom. The Hall–Kier alpha value is -0.0800. The van der Waals surface area contributed by atoms with Crippen LogP contribution >= 0.6 is 24.0 Å². The van der Waals surface area contributed by atoms with E-state index in [4.69, 9.17) is 4.74 Å². The number of hydrogen-bond donors (Lipinski definition) is 2. The molecular formula is C12H29IN4O. The molecule has 0 bridgehead atoms. The second-order valence-corrected chi connectivity index (χ2v) is 4.57. The Morgan fingerprint density at radius 2 is 1.94 bits per heavy atom. The van der Waals surface area contributed by atoms with Crippen molar-refractivity contribution in [3.8, 4) is 0 Å². The minimum Gasteiger partial charge on any atom is -0.383 e. The predicted octanol–water partition coefficient (Wildman–Crippen LogP) is 1.14. The maximum absolute atomic E-state index is 5.07. The minimum atomic E-state index is 0. The highest BCUT2D eigenvalue weighted by Gasteiger charge is 2.05. The van der Waals surface area contributed by atoms with Crippen LogP contribution in [0, 0.1) is 0 Å². The zero-order valence-electron chi connectivity index (χ0n) is 12.5. The van der Waals surface area contributed by atoms with Crippen molar-refractivity contribution in [2.75, 3.05) is 40.9 Å². The molecule has 6 heteroatoms. The van der Waals surface area contributed by atoms with Gasteiger partial charge in [0.05, 0.1) is 6.61 Å². The van der Waals surface area contributed by atoms with Crippen molar-refractivity contribution in [2.45, 2.75) is 32.9 Å². The molecule has 0 saturated heterocycles. The molecule has 0 amide bonds. The molecule has 0 aromatic heterocycles. The maximum atomic E-state index is 5.07. The van der Waals surface area contributed by atoms with E-state index < -0.39 is 0 Å². The first-order valence-electron chi connectivity index (χ1n) is 6.17. The van der Waals surface area contributed by atoms with E-state index in [1.165, 1.54) is 0 Å². The molecule has 0 aliphatic rings. The molecule has 0 aromatic carbocycles. The summed E-state index contributed by atoms with van der Waals surface area (Å²) in [7, 11) is 5.60. The molecule has 0 radical (unpaired) electrons. The highest BCUT2D eigenvalue weighted by atomic mass is 127. The smallest absolute Gasteiger partial charge is 0.191 e. The standard InChI is InChI=1S/C12H28N4O.HI/c1-10(2)16(5)8-7-14-12(13-4)15-11(3)9-17-6;/h10-11H,7-9H2,1-6H3,(H2,13,14,15);1H. The molecular weight excluding hydrogens is 343 g/mol. The number of nitrogens with zero attached hydrogens (tertiary/aromatic N) is 2. The number of aliphatic imine (C=N–C) groups is 1. The van der Waals surface area contributed by atoms with Crippen LogP contribution in [0.25, 0.3) is 0 Å². The Labute approximate surface area is 129 Å². The number of likely N-dealkylation sites (N-methyl/N-ethyl adjacent to an activating group) is 1. The molecule has 0 rings (SSSR count). The van der Waals surface area contributed by atoms with E-state index in [9.17, 15) is 0 Å². The van der Waals surface area contributed by atoms with Gasteiger partial charge >= 0.3 is 0 Å². The molecule has 1 unspecified atom stereocenters. The van der Waals surface area contributed by atoms with E-state index >= 15 is 0 Å². The van der Waals surface area contributed by atoms with Crippen LogP contribution in [0.5, 0.6) is 0 Å². The molecule has 0 spiro atoms. The van der Waals surface area contributed by atoms with E-state index in [1.54, 1.807) is 14.2 Å². The summed E-state index contributed by atoms with van der Waals surface area (Å²) in [5, 5.41) is 6.55. The second-order valence-electron chi connectivity index (χ2n) is 4.57. The van der Waals surface area contributed by atoms with Crippen LogP contribution < -0.4 is 10.6 Å². The highest BCUT2D eigenvalue weighted by Crippen LogP contribution is 1.90. The maximum Gasteiger partial charge on any atom is 0.191 e. The summed E-state index contributed by atoms with van der Waals surface area (Å²) in [4.78, 5) is 6.46. The van der Waals surface area contributed by atoms with Crippen molar-refractivity contribution in [1.29, 1.82) is 0 Å². The van der Waals surface area contributed by atoms with Gasteiger partial charge in [-0.2, -0.15) is 0 Å². The van der Waals surface area contributed by atoms with E-state index in [2.05, 4.69) is 48.3 Å². The second kappa shape index (κ2) is 12.0. The summed E-state index contributed by atoms with van der Waals surface area (Å²) in [5.74, 6) is 0.826. The van der Waals surface area contributed by atoms with Crippen molar-refractivity contribution in [1.82, 2.24) is 15.5 Å². The summed E-state index contributed by atoms with van der Waals surface area (Å²) < 4.78 is 5.07. The van der Waals surface area contributed by atoms with Gasteiger partial charge in [0.1, 0.15) is 0 Å².